The van der Waals surface area contributed by atoms with E-state index in [0.717, 1.165) is 34.1 Å². The lowest BCUT2D eigenvalue weighted by molar-refractivity contribution is 0.372. The van der Waals surface area contributed by atoms with E-state index in [-0.39, 0.29) is 5.38 Å². The third kappa shape index (κ3) is 2.00. The van der Waals surface area contributed by atoms with Crippen molar-refractivity contribution in [2.75, 3.05) is 0 Å². The van der Waals surface area contributed by atoms with Crippen LogP contribution in [0.1, 0.15) is 35.3 Å². The average molecular weight is 294 g/mol. The summed E-state index contributed by atoms with van der Waals surface area (Å²) in [6.45, 7) is 6.30. The van der Waals surface area contributed by atoms with Gasteiger partial charge in [-0.05, 0) is 20.8 Å². The third-order valence-electron chi connectivity index (χ3n) is 3.27. The Labute approximate surface area is 121 Å². The minimum absolute atomic E-state index is 0.189. The molecule has 0 bridgehead atoms. The SMILES string of the molecule is Cc1cc(Cn2c(C(C)Cl)nc3c(C)nn(C)c32)on1. The van der Waals surface area contributed by atoms with Crippen molar-refractivity contribution in [1.29, 1.82) is 0 Å². The zero-order valence-electron chi connectivity index (χ0n) is 11.9. The maximum atomic E-state index is 6.25. The normalized spacial score (nSPS) is 13.2. The van der Waals surface area contributed by atoms with Crippen molar-refractivity contribution in [2.45, 2.75) is 32.7 Å². The van der Waals surface area contributed by atoms with E-state index in [0.29, 0.717) is 6.54 Å². The lowest BCUT2D eigenvalue weighted by Crippen LogP contribution is -2.08. The number of aryl methyl sites for hydroxylation is 3. The molecule has 0 aromatic carbocycles. The minimum Gasteiger partial charge on any atom is -0.359 e. The van der Waals surface area contributed by atoms with Gasteiger partial charge in [-0.15, -0.1) is 11.6 Å². The predicted molar refractivity (Wildman–Crippen MR) is 75.8 cm³/mol. The monoisotopic (exact) mass is 293 g/mol. The number of hydrogen-bond acceptors (Lipinski definition) is 4. The van der Waals surface area contributed by atoms with Crippen molar-refractivity contribution in [3.63, 3.8) is 0 Å². The van der Waals surface area contributed by atoms with Crippen LogP contribution in [-0.4, -0.2) is 24.5 Å². The van der Waals surface area contributed by atoms with Gasteiger partial charge < -0.3 is 9.09 Å². The molecule has 0 aliphatic carbocycles. The highest BCUT2D eigenvalue weighted by molar-refractivity contribution is 6.20. The van der Waals surface area contributed by atoms with Gasteiger partial charge in [-0.2, -0.15) is 5.10 Å². The van der Waals surface area contributed by atoms with E-state index < -0.39 is 0 Å². The summed E-state index contributed by atoms with van der Waals surface area (Å²) in [5, 5.41) is 8.13. The number of alkyl halides is 1. The molecule has 0 N–H and O–H groups in total. The lowest BCUT2D eigenvalue weighted by atomic mass is 10.3. The van der Waals surface area contributed by atoms with E-state index in [9.17, 15) is 0 Å². The van der Waals surface area contributed by atoms with Gasteiger partial charge in [0.2, 0.25) is 0 Å². The van der Waals surface area contributed by atoms with Crippen molar-refractivity contribution < 1.29 is 4.52 Å². The number of hydrogen-bond donors (Lipinski definition) is 0. The first-order valence-corrected chi connectivity index (χ1v) is 6.87. The van der Waals surface area contributed by atoms with E-state index in [2.05, 4.69) is 15.2 Å². The van der Waals surface area contributed by atoms with Crippen LogP contribution in [-0.2, 0) is 13.6 Å². The summed E-state index contributed by atoms with van der Waals surface area (Å²) in [6.07, 6.45) is 0. The summed E-state index contributed by atoms with van der Waals surface area (Å²) in [5.41, 5.74) is 3.58. The fraction of sp³-hybridized carbons (Fsp3) is 0.462. The quantitative estimate of drug-likeness (QED) is 0.697. The molecule has 3 aromatic heterocycles. The molecule has 0 aliphatic rings. The molecule has 0 spiro atoms. The summed E-state index contributed by atoms with van der Waals surface area (Å²) in [4.78, 5) is 4.62. The Bertz CT molecular complexity index is 767. The van der Waals surface area contributed by atoms with Crippen molar-refractivity contribution in [3.8, 4) is 0 Å². The van der Waals surface area contributed by atoms with Crippen LogP contribution in [0.2, 0.25) is 0 Å². The van der Waals surface area contributed by atoms with E-state index in [1.807, 2.05) is 43.1 Å². The van der Waals surface area contributed by atoms with Gasteiger partial charge in [0.25, 0.3) is 0 Å². The number of nitrogens with zero attached hydrogens (tertiary/aromatic N) is 5. The van der Waals surface area contributed by atoms with Crippen LogP contribution < -0.4 is 0 Å². The van der Waals surface area contributed by atoms with Gasteiger partial charge in [0.15, 0.2) is 11.4 Å². The molecule has 3 aromatic rings. The van der Waals surface area contributed by atoms with Crippen molar-refractivity contribution in [2.24, 2.45) is 7.05 Å². The third-order valence-corrected chi connectivity index (χ3v) is 3.46. The summed E-state index contributed by atoms with van der Waals surface area (Å²) < 4.78 is 9.15. The molecular formula is C13H16ClN5O. The van der Waals surface area contributed by atoms with Crippen molar-refractivity contribution in [1.82, 2.24) is 24.5 Å². The predicted octanol–water partition coefficient (Wildman–Crippen LogP) is 2.72. The smallest absolute Gasteiger partial charge is 0.159 e. The molecule has 0 fully saturated rings. The van der Waals surface area contributed by atoms with Gasteiger partial charge in [0.05, 0.1) is 23.3 Å². The first-order chi connectivity index (χ1) is 9.47. The van der Waals surface area contributed by atoms with Crippen molar-refractivity contribution >= 4 is 22.8 Å². The highest BCUT2D eigenvalue weighted by atomic mass is 35.5. The van der Waals surface area contributed by atoms with Crippen LogP contribution in [0, 0.1) is 13.8 Å². The Kier molecular flexibility index (Phi) is 3.05. The summed E-state index contributed by atoms with van der Waals surface area (Å²) in [5.74, 6) is 1.59. The number of fused-ring (bicyclic) bond motifs is 1. The molecule has 1 atom stereocenters. The molecule has 6 nitrogen and oxygen atoms in total. The molecule has 3 rings (SSSR count). The zero-order valence-corrected chi connectivity index (χ0v) is 12.6. The standard InChI is InChI=1S/C13H16ClN5O/c1-7-5-10(20-17-7)6-19-12(8(2)14)15-11-9(3)16-18(4)13(11)19/h5,8H,6H2,1-4H3. The fourth-order valence-electron chi connectivity index (χ4n) is 2.46. The Balaban J connectivity index is 2.18. The number of imidazole rings is 1. The average Bonchev–Trinajstić information content (AvgIpc) is 3.00. The first-order valence-electron chi connectivity index (χ1n) is 6.43. The van der Waals surface area contributed by atoms with Crippen LogP contribution >= 0.6 is 11.6 Å². The second-order valence-corrected chi connectivity index (χ2v) is 5.64. The number of halogens is 1. The zero-order chi connectivity index (χ0) is 14.4. The highest BCUT2D eigenvalue weighted by Crippen LogP contribution is 2.27. The van der Waals surface area contributed by atoms with Gasteiger partial charge in [-0.25, -0.2) is 4.98 Å². The molecular weight excluding hydrogens is 278 g/mol. The molecule has 7 heteroatoms. The highest BCUT2D eigenvalue weighted by Gasteiger charge is 2.21. The molecule has 0 amide bonds. The Morgan fingerprint density at radius 1 is 1.40 bits per heavy atom. The van der Waals surface area contributed by atoms with Gasteiger partial charge in [-0.3, -0.25) is 4.68 Å². The van der Waals surface area contributed by atoms with E-state index >= 15 is 0 Å². The second-order valence-electron chi connectivity index (χ2n) is 4.99. The fourth-order valence-corrected chi connectivity index (χ4v) is 2.62. The summed E-state index contributed by atoms with van der Waals surface area (Å²) in [7, 11) is 1.90. The molecule has 1 unspecified atom stereocenters. The van der Waals surface area contributed by atoms with E-state index in [1.54, 1.807) is 0 Å². The molecule has 106 valence electrons. The van der Waals surface area contributed by atoms with Gasteiger partial charge in [0, 0.05) is 13.1 Å². The molecule has 0 saturated heterocycles. The van der Waals surface area contributed by atoms with Gasteiger partial charge >= 0.3 is 0 Å². The molecule has 0 aliphatic heterocycles. The second kappa shape index (κ2) is 4.63. The molecule has 0 saturated carbocycles. The summed E-state index contributed by atoms with van der Waals surface area (Å²) in [6, 6.07) is 1.91. The van der Waals surface area contributed by atoms with E-state index in [4.69, 9.17) is 16.1 Å². The van der Waals surface area contributed by atoms with Crippen molar-refractivity contribution in [3.05, 3.63) is 29.0 Å². The maximum absolute atomic E-state index is 6.25. The maximum Gasteiger partial charge on any atom is 0.159 e. The topological polar surface area (TPSA) is 61.7 Å². The van der Waals surface area contributed by atoms with Crippen LogP contribution in [0.3, 0.4) is 0 Å². The molecule has 3 heterocycles. The van der Waals surface area contributed by atoms with E-state index in [1.165, 1.54) is 0 Å². The number of aromatic nitrogens is 5. The Morgan fingerprint density at radius 3 is 2.75 bits per heavy atom. The number of rotatable bonds is 3. The lowest BCUT2D eigenvalue weighted by Gasteiger charge is -2.08. The van der Waals surface area contributed by atoms with Crippen LogP contribution in [0.5, 0.6) is 0 Å². The van der Waals surface area contributed by atoms with Crippen LogP contribution in [0.15, 0.2) is 10.6 Å². The summed E-state index contributed by atoms with van der Waals surface area (Å²) >= 11 is 6.25. The Hall–Kier alpha value is -1.82. The van der Waals surface area contributed by atoms with Gasteiger partial charge in [-0.1, -0.05) is 5.16 Å². The van der Waals surface area contributed by atoms with Crippen LogP contribution in [0.25, 0.3) is 11.2 Å². The molecule has 0 radical (unpaired) electrons. The Morgan fingerprint density at radius 2 is 2.15 bits per heavy atom. The van der Waals surface area contributed by atoms with Gasteiger partial charge in [0.1, 0.15) is 11.3 Å². The minimum atomic E-state index is -0.189. The first kappa shape index (κ1) is 13.2. The largest absolute Gasteiger partial charge is 0.359 e. The van der Waals surface area contributed by atoms with Crippen LogP contribution in [0.4, 0.5) is 0 Å². The molecule has 20 heavy (non-hydrogen) atoms.